The van der Waals surface area contributed by atoms with Crippen LogP contribution in [-0.2, 0) is 14.5 Å². The van der Waals surface area contributed by atoms with E-state index in [9.17, 15) is 9.59 Å². The predicted molar refractivity (Wildman–Crippen MR) is 46.8 cm³/mol. The summed E-state index contributed by atoms with van der Waals surface area (Å²) in [6, 6.07) is 0. The summed E-state index contributed by atoms with van der Waals surface area (Å²) in [5, 5.41) is 3.37. The SMILES string of the molecule is COC(=O)C=c1nc2c([nH]c1=O)=NON2. The summed E-state index contributed by atoms with van der Waals surface area (Å²) in [4.78, 5) is 32.9. The molecule has 0 aromatic carbocycles. The van der Waals surface area contributed by atoms with Gasteiger partial charge in [0.25, 0.3) is 5.56 Å². The van der Waals surface area contributed by atoms with E-state index in [4.69, 9.17) is 0 Å². The van der Waals surface area contributed by atoms with Crippen molar-refractivity contribution in [3.05, 3.63) is 21.2 Å². The molecule has 0 saturated heterocycles. The molecule has 0 amide bonds. The highest BCUT2D eigenvalue weighted by atomic mass is 16.8. The van der Waals surface area contributed by atoms with Crippen molar-refractivity contribution in [2.24, 2.45) is 5.16 Å². The summed E-state index contributed by atoms with van der Waals surface area (Å²) in [5.74, 6) is -0.423. The van der Waals surface area contributed by atoms with Gasteiger partial charge in [0, 0.05) is 0 Å². The fourth-order valence-electron chi connectivity index (χ4n) is 0.972. The topological polar surface area (TPSA) is 106 Å². The Hall–Kier alpha value is -2.38. The molecular weight excluding hydrogens is 204 g/mol. The molecule has 2 rings (SSSR count). The Labute approximate surface area is 82.2 Å². The molecule has 2 heterocycles. The van der Waals surface area contributed by atoms with Crippen molar-refractivity contribution in [2.45, 2.75) is 0 Å². The van der Waals surface area contributed by atoms with Crippen molar-refractivity contribution in [3.8, 4) is 0 Å². The molecule has 78 valence electrons. The molecular formula is C7H6N4O4. The number of ether oxygens (including phenoxy) is 1. The van der Waals surface area contributed by atoms with Crippen molar-refractivity contribution >= 4 is 17.9 Å². The highest BCUT2D eigenvalue weighted by Crippen LogP contribution is 1.92. The molecule has 0 atom stereocenters. The Morgan fingerprint density at radius 2 is 2.40 bits per heavy atom. The molecule has 0 aliphatic carbocycles. The van der Waals surface area contributed by atoms with Gasteiger partial charge in [0.2, 0.25) is 11.3 Å². The lowest BCUT2D eigenvalue weighted by atomic mass is 10.5. The number of rotatable bonds is 1. The van der Waals surface area contributed by atoms with E-state index in [1.807, 2.05) is 0 Å². The van der Waals surface area contributed by atoms with E-state index in [0.29, 0.717) is 0 Å². The largest absolute Gasteiger partial charge is 0.466 e. The maximum Gasteiger partial charge on any atom is 0.332 e. The van der Waals surface area contributed by atoms with Crippen LogP contribution >= 0.6 is 0 Å². The molecule has 8 heteroatoms. The van der Waals surface area contributed by atoms with Gasteiger partial charge in [-0.3, -0.25) is 14.7 Å². The second-order valence-corrected chi connectivity index (χ2v) is 2.60. The van der Waals surface area contributed by atoms with E-state index in [0.717, 1.165) is 6.08 Å². The number of carbonyl (C=O) groups excluding carboxylic acids is 1. The van der Waals surface area contributed by atoms with Gasteiger partial charge in [-0.05, 0) is 5.16 Å². The van der Waals surface area contributed by atoms with Gasteiger partial charge in [0.1, 0.15) is 5.35 Å². The molecule has 1 aliphatic heterocycles. The monoisotopic (exact) mass is 210 g/mol. The normalized spacial score (nSPS) is 13.5. The molecule has 1 aromatic heterocycles. The van der Waals surface area contributed by atoms with E-state index in [1.165, 1.54) is 7.11 Å². The van der Waals surface area contributed by atoms with E-state index in [2.05, 4.69) is 30.3 Å². The third kappa shape index (κ3) is 1.64. The van der Waals surface area contributed by atoms with Crippen LogP contribution in [0.4, 0.5) is 5.82 Å². The van der Waals surface area contributed by atoms with E-state index in [-0.39, 0.29) is 16.7 Å². The lowest BCUT2D eigenvalue weighted by Gasteiger charge is -1.92. The van der Waals surface area contributed by atoms with E-state index in [1.54, 1.807) is 0 Å². The lowest BCUT2D eigenvalue weighted by Crippen LogP contribution is -2.37. The third-order valence-corrected chi connectivity index (χ3v) is 1.66. The average Bonchev–Trinajstić information content (AvgIpc) is 2.65. The molecule has 0 fully saturated rings. The van der Waals surface area contributed by atoms with Crippen LogP contribution in [0.25, 0.3) is 6.08 Å². The quantitative estimate of drug-likeness (QED) is 0.501. The molecule has 0 spiro atoms. The second kappa shape index (κ2) is 3.40. The van der Waals surface area contributed by atoms with Crippen molar-refractivity contribution in [1.82, 2.24) is 9.97 Å². The highest BCUT2D eigenvalue weighted by Gasteiger charge is 2.08. The Kier molecular flexibility index (Phi) is 2.08. The summed E-state index contributed by atoms with van der Waals surface area (Å²) in [6.07, 6.45) is 0.971. The molecule has 0 bridgehead atoms. The van der Waals surface area contributed by atoms with Crippen molar-refractivity contribution < 1.29 is 14.5 Å². The first-order valence-corrected chi connectivity index (χ1v) is 3.91. The van der Waals surface area contributed by atoms with Gasteiger partial charge in [-0.25, -0.2) is 9.78 Å². The minimum Gasteiger partial charge on any atom is -0.466 e. The van der Waals surface area contributed by atoms with Crippen molar-refractivity contribution in [1.29, 1.82) is 0 Å². The van der Waals surface area contributed by atoms with Crippen LogP contribution in [0.5, 0.6) is 0 Å². The summed E-state index contributed by atoms with van der Waals surface area (Å²) in [7, 11) is 1.21. The van der Waals surface area contributed by atoms with Crippen LogP contribution in [0.3, 0.4) is 0 Å². The molecule has 0 unspecified atom stereocenters. The number of anilines is 1. The lowest BCUT2D eigenvalue weighted by molar-refractivity contribution is -0.133. The van der Waals surface area contributed by atoms with Gasteiger partial charge in [0.05, 0.1) is 13.2 Å². The van der Waals surface area contributed by atoms with E-state index < -0.39 is 11.5 Å². The zero-order valence-corrected chi connectivity index (χ0v) is 7.60. The van der Waals surface area contributed by atoms with Crippen LogP contribution in [0.2, 0.25) is 0 Å². The minimum atomic E-state index is -0.663. The van der Waals surface area contributed by atoms with Crippen LogP contribution in [0.1, 0.15) is 0 Å². The Morgan fingerprint density at radius 1 is 1.60 bits per heavy atom. The smallest absolute Gasteiger partial charge is 0.332 e. The second-order valence-electron chi connectivity index (χ2n) is 2.60. The van der Waals surface area contributed by atoms with Crippen molar-refractivity contribution in [3.63, 3.8) is 0 Å². The fraction of sp³-hybridized carbons (Fsp3) is 0.143. The number of fused-ring (bicyclic) bond motifs is 1. The standard InChI is InChI=1S/C7H6N4O4/c1-14-4(12)2-3-7(13)9-6-5(8-3)10-15-11-6/h2H,1H3,(H,8,10)(H,9,11,13). The number of nitrogens with one attached hydrogen (secondary N) is 2. The van der Waals surface area contributed by atoms with Crippen LogP contribution in [0.15, 0.2) is 9.95 Å². The van der Waals surface area contributed by atoms with E-state index >= 15 is 0 Å². The number of aromatic nitrogens is 2. The summed E-state index contributed by atoms with van der Waals surface area (Å²) in [5.41, 5.74) is 1.98. The molecule has 15 heavy (non-hydrogen) atoms. The summed E-state index contributed by atoms with van der Waals surface area (Å²) < 4.78 is 4.37. The number of hydrogen-bond donors (Lipinski definition) is 2. The first-order valence-electron chi connectivity index (χ1n) is 3.91. The Balaban J connectivity index is 2.62. The number of hydrogen-bond acceptors (Lipinski definition) is 7. The number of aromatic amines is 1. The third-order valence-electron chi connectivity index (χ3n) is 1.66. The van der Waals surface area contributed by atoms with Gasteiger partial charge in [-0.2, -0.15) is 5.48 Å². The van der Waals surface area contributed by atoms with Crippen LogP contribution < -0.4 is 21.9 Å². The zero-order valence-electron chi connectivity index (χ0n) is 7.60. The highest BCUT2D eigenvalue weighted by molar-refractivity contribution is 5.99. The van der Waals surface area contributed by atoms with Crippen molar-refractivity contribution in [2.75, 3.05) is 12.6 Å². The number of methoxy groups -OCH3 is 1. The first kappa shape index (κ1) is 9.19. The van der Waals surface area contributed by atoms with Gasteiger partial charge in [-0.15, -0.1) is 0 Å². The van der Waals surface area contributed by atoms with Gasteiger partial charge in [-0.1, -0.05) is 0 Å². The predicted octanol–water partition coefficient (Wildman–Crippen LogP) is -2.38. The summed E-state index contributed by atoms with van der Waals surface area (Å²) in [6.45, 7) is 0. The van der Waals surface area contributed by atoms with Gasteiger partial charge >= 0.3 is 5.97 Å². The van der Waals surface area contributed by atoms with Gasteiger partial charge < -0.3 is 4.74 Å². The maximum absolute atomic E-state index is 11.3. The molecule has 2 N–H and O–H groups in total. The Bertz CT molecular complexity index is 576. The summed E-state index contributed by atoms with van der Waals surface area (Å²) >= 11 is 0. The average molecular weight is 210 g/mol. The molecule has 1 aliphatic rings. The minimum absolute atomic E-state index is 0.0752. The molecule has 8 nitrogen and oxygen atoms in total. The number of esters is 1. The van der Waals surface area contributed by atoms with Crippen LogP contribution in [0, 0.1) is 0 Å². The number of nitrogens with zero attached hydrogens (tertiary/aromatic N) is 2. The fourth-order valence-corrected chi connectivity index (χ4v) is 0.972. The molecule has 0 radical (unpaired) electrons. The maximum atomic E-state index is 11.3. The molecule has 0 saturated carbocycles. The number of H-pyrrole nitrogens is 1. The Morgan fingerprint density at radius 3 is 3.13 bits per heavy atom. The first-order chi connectivity index (χ1) is 7.20. The van der Waals surface area contributed by atoms with Gasteiger partial charge in [0.15, 0.2) is 0 Å². The number of carbonyl (C=O) groups is 1. The van der Waals surface area contributed by atoms with Crippen LogP contribution in [-0.4, -0.2) is 23.0 Å². The molecule has 1 aromatic rings. The zero-order chi connectivity index (χ0) is 10.8.